The van der Waals surface area contributed by atoms with Crippen LogP contribution in [-0.2, 0) is 16.9 Å². The van der Waals surface area contributed by atoms with Crippen molar-refractivity contribution in [2.24, 2.45) is 5.92 Å². The summed E-state index contributed by atoms with van der Waals surface area (Å²) >= 11 is 0. The first-order valence-corrected chi connectivity index (χ1v) is 15.0. The first-order valence-electron chi connectivity index (χ1n) is 15.0. The molecule has 44 heavy (non-hydrogen) atoms. The summed E-state index contributed by atoms with van der Waals surface area (Å²) in [7, 11) is 0. The minimum Gasteiger partial charge on any atom is -0.493 e. The number of aliphatic hydroxyl groups excluding tert-OH is 1. The zero-order chi connectivity index (χ0) is 30.7. The molecule has 1 aromatic heterocycles. The number of nitrogens with zero attached hydrogens (tertiary/aromatic N) is 5. The van der Waals surface area contributed by atoms with Crippen LogP contribution >= 0.6 is 0 Å². The maximum atomic E-state index is 14.4. The SMILES string of the molecule is C[C@]1(c2ccc(F)cc2F)C[C@H](COc2ccc(N3CCN(c4ccc(-n5cnn(CCCO)c5=O)cc4)CC3)cc2)CO1. The molecule has 9 nitrogen and oxygen atoms in total. The van der Waals surface area contributed by atoms with E-state index in [2.05, 4.69) is 27.0 Å². The number of hydrogen-bond acceptors (Lipinski definition) is 7. The lowest BCUT2D eigenvalue weighted by atomic mass is 9.89. The Bertz CT molecular complexity index is 1620. The Balaban J connectivity index is 0.983. The number of halogens is 2. The van der Waals surface area contributed by atoms with Gasteiger partial charge in [-0.15, -0.1) is 0 Å². The van der Waals surface area contributed by atoms with E-state index in [1.165, 1.54) is 27.7 Å². The number of hydrogen-bond donors (Lipinski definition) is 1. The molecular weight excluding hydrogens is 568 g/mol. The normalized spacial score (nSPS) is 20.3. The summed E-state index contributed by atoms with van der Waals surface area (Å²) in [5.41, 5.74) is 2.35. The summed E-state index contributed by atoms with van der Waals surface area (Å²) in [6, 6.07) is 19.6. The van der Waals surface area contributed by atoms with Crippen LogP contribution in [-0.4, -0.2) is 65.5 Å². The highest BCUT2D eigenvalue weighted by atomic mass is 19.1. The molecule has 2 aliphatic rings. The maximum Gasteiger partial charge on any atom is 0.350 e. The average molecular weight is 606 g/mol. The van der Waals surface area contributed by atoms with Gasteiger partial charge in [0.05, 0.1) is 24.5 Å². The minimum atomic E-state index is -0.801. The van der Waals surface area contributed by atoms with Crippen LogP contribution in [0.3, 0.4) is 0 Å². The van der Waals surface area contributed by atoms with Crippen molar-refractivity contribution in [1.29, 1.82) is 0 Å². The highest BCUT2D eigenvalue weighted by Crippen LogP contribution is 2.40. The molecule has 0 bridgehead atoms. The molecule has 2 atom stereocenters. The predicted octanol–water partition coefficient (Wildman–Crippen LogP) is 4.35. The van der Waals surface area contributed by atoms with E-state index in [1.54, 1.807) is 0 Å². The van der Waals surface area contributed by atoms with Gasteiger partial charge in [-0.05, 0) is 74.4 Å². The van der Waals surface area contributed by atoms with E-state index < -0.39 is 17.2 Å². The predicted molar refractivity (Wildman–Crippen MR) is 164 cm³/mol. The van der Waals surface area contributed by atoms with Crippen LogP contribution in [0.2, 0.25) is 0 Å². The summed E-state index contributed by atoms with van der Waals surface area (Å²) in [6.07, 6.45) is 2.59. The van der Waals surface area contributed by atoms with E-state index in [0.717, 1.165) is 55.1 Å². The van der Waals surface area contributed by atoms with Crippen molar-refractivity contribution >= 4 is 11.4 Å². The molecule has 2 fully saturated rings. The Morgan fingerprint density at radius 2 is 1.59 bits per heavy atom. The molecule has 0 spiro atoms. The van der Waals surface area contributed by atoms with E-state index >= 15 is 0 Å². The Kier molecular flexibility index (Phi) is 8.67. The van der Waals surface area contributed by atoms with Gasteiger partial charge in [-0.2, -0.15) is 5.10 Å². The van der Waals surface area contributed by atoms with Crippen LogP contribution in [0.4, 0.5) is 20.2 Å². The Hall–Kier alpha value is -4.22. The van der Waals surface area contributed by atoms with Crippen LogP contribution in [0.1, 0.15) is 25.3 Å². The van der Waals surface area contributed by atoms with Gasteiger partial charge in [0, 0.05) is 68.3 Å². The van der Waals surface area contributed by atoms with E-state index in [-0.39, 0.29) is 18.2 Å². The Morgan fingerprint density at radius 1 is 0.955 bits per heavy atom. The van der Waals surface area contributed by atoms with Crippen LogP contribution in [0, 0.1) is 17.6 Å². The summed E-state index contributed by atoms with van der Waals surface area (Å²) < 4.78 is 42.6. The van der Waals surface area contributed by atoms with Crippen molar-refractivity contribution in [3.63, 3.8) is 0 Å². The van der Waals surface area contributed by atoms with Crippen molar-refractivity contribution in [3.8, 4) is 11.4 Å². The molecule has 0 unspecified atom stereocenters. The number of aromatic nitrogens is 3. The first kappa shape index (κ1) is 29.8. The second-order valence-electron chi connectivity index (χ2n) is 11.6. The third-order valence-corrected chi connectivity index (χ3v) is 8.54. The van der Waals surface area contributed by atoms with Crippen LogP contribution in [0.5, 0.6) is 5.75 Å². The lowest BCUT2D eigenvalue weighted by Gasteiger charge is -2.37. The van der Waals surface area contributed by atoms with Gasteiger partial charge in [0.15, 0.2) is 0 Å². The second-order valence-corrected chi connectivity index (χ2v) is 11.6. The highest BCUT2D eigenvalue weighted by Gasteiger charge is 2.40. The van der Waals surface area contributed by atoms with E-state index in [0.29, 0.717) is 38.2 Å². The molecule has 232 valence electrons. The third-order valence-electron chi connectivity index (χ3n) is 8.54. The topological polar surface area (TPSA) is 85.0 Å². The number of ether oxygens (including phenoxy) is 2. The molecule has 6 rings (SSSR count). The molecule has 0 saturated carbocycles. The fourth-order valence-corrected chi connectivity index (χ4v) is 6.09. The standard InChI is InChI=1S/C33H37F2N5O4/c1-33(30-12-3-25(34)19-31(30)35)20-24(22-44-33)21-43-29-10-8-27(9-11-29)38-16-14-37(15-17-38)26-4-6-28(7-5-26)39-23-36-40(32(39)42)13-2-18-41/h3-12,19,23-24,41H,2,13-18,20-22H2,1H3/t24-,33-/m1/s1. The van der Waals surface area contributed by atoms with Gasteiger partial charge < -0.3 is 24.4 Å². The monoisotopic (exact) mass is 605 g/mol. The maximum absolute atomic E-state index is 14.4. The van der Waals surface area contributed by atoms with Gasteiger partial charge >= 0.3 is 5.69 Å². The zero-order valence-electron chi connectivity index (χ0n) is 24.7. The molecule has 2 aliphatic heterocycles. The van der Waals surface area contributed by atoms with Gasteiger partial charge in [-0.3, -0.25) is 0 Å². The van der Waals surface area contributed by atoms with Crippen molar-refractivity contribution in [2.75, 3.05) is 55.8 Å². The van der Waals surface area contributed by atoms with Crippen molar-refractivity contribution in [1.82, 2.24) is 14.3 Å². The largest absolute Gasteiger partial charge is 0.493 e. The number of benzene rings is 3. The molecule has 0 amide bonds. The second kappa shape index (κ2) is 12.8. The molecular formula is C33H37F2N5O4. The molecule has 11 heteroatoms. The van der Waals surface area contributed by atoms with E-state index in [4.69, 9.17) is 14.6 Å². The third kappa shape index (κ3) is 6.34. The number of aliphatic hydroxyl groups is 1. The lowest BCUT2D eigenvalue weighted by molar-refractivity contribution is 0.0121. The molecule has 1 N–H and O–H groups in total. The Labute approximate surface area is 254 Å². The average Bonchev–Trinajstić information content (AvgIpc) is 3.61. The molecule has 4 aromatic rings. The smallest absolute Gasteiger partial charge is 0.350 e. The molecule has 3 aromatic carbocycles. The number of rotatable bonds is 10. The summed E-state index contributed by atoms with van der Waals surface area (Å²) in [5, 5.41) is 13.2. The lowest BCUT2D eigenvalue weighted by Crippen LogP contribution is -2.46. The fraction of sp³-hybridized carbons (Fsp3) is 0.394. The first-order chi connectivity index (χ1) is 21.3. The van der Waals surface area contributed by atoms with Gasteiger partial charge in [0.1, 0.15) is 23.7 Å². The molecule has 0 aliphatic carbocycles. The number of piperazine rings is 1. The Morgan fingerprint density at radius 3 is 2.23 bits per heavy atom. The summed E-state index contributed by atoms with van der Waals surface area (Å²) in [4.78, 5) is 17.3. The molecule has 3 heterocycles. The highest BCUT2D eigenvalue weighted by molar-refractivity contribution is 5.54. The van der Waals surface area contributed by atoms with Gasteiger partial charge in [-0.25, -0.2) is 22.8 Å². The summed E-state index contributed by atoms with van der Waals surface area (Å²) in [5.74, 6) is -0.314. The minimum absolute atomic E-state index is 0.0179. The van der Waals surface area contributed by atoms with Crippen LogP contribution < -0.4 is 20.2 Å². The molecule has 0 radical (unpaired) electrons. The van der Waals surface area contributed by atoms with Crippen LogP contribution in [0.25, 0.3) is 5.69 Å². The van der Waals surface area contributed by atoms with Crippen molar-refractivity contribution in [2.45, 2.75) is 31.9 Å². The van der Waals surface area contributed by atoms with Gasteiger partial charge in [0.2, 0.25) is 0 Å². The number of aryl methyl sites for hydroxylation is 1. The van der Waals surface area contributed by atoms with E-state index in [1.807, 2.05) is 43.3 Å². The van der Waals surface area contributed by atoms with Gasteiger partial charge in [-0.1, -0.05) is 6.07 Å². The summed E-state index contributed by atoms with van der Waals surface area (Å²) in [6.45, 7) is 6.63. The van der Waals surface area contributed by atoms with Crippen LogP contribution in [0.15, 0.2) is 77.9 Å². The fourth-order valence-electron chi connectivity index (χ4n) is 6.09. The number of anilines is 2. The van der Waals surface area contributed by atoms with Crippen molar-refractivity contribution in [3.05, 3.63) is 101 Å². The van der Waals surface area contributed by atoms with E-state index in [9.17, 15) is 13.6 Å². The molecule has 2 saturated heterocycles. The van der Waals surface area contributed by atoms with Crippen molar-refractivity contribution < 1.29 is 23.4 Å². The zero-order valence-corrected chi connectivity index (χ0v) is 24.7. The van der Waals surface area contributed by atoms with Gasteiger partial charge in [0.25, 0.3) is 0 Å². The quantitative estimate of drug-likeness (QED) is 0.288.